The van der Waals surface area contributed by atoms with Crippen LogP contribution in [0.4, 0.5) is 0 Å². The Kier molecular flexibility index (Phi) is 5.65. The first-order valence-corrected chi connectivity index (χ1v) is 18.3. The molecule has 149 valence electrons. The van der Waals surface area contributed by atoms with Crippen molar-refractivity contribution in [3.63, 3.8) is 0 Å². The number of allylic oxidation sites excluding steroid dienone is 1. The third kappa shape index (κ3) is 3.40. The number of halogens is 2. The molecule has 0 fully saturated rings. The van der Waals surface area contributed by atoms with Gasteiger partial charge in [0.1, 0.15) is 0 Å². The summed E-state index contributed by atoms with van der Waals surface area (Å²) >= 11 is -2.52. The summed E-state index contributed by atoms with van der Waals surface area (Å²) in [6, 6.07) is 26.5. The van der Waals surface area contributed by atoms with Gasteiger partial charge >= 0.3 is 194 Å². The molecule has 4 aromatic rings. The van der Waals surface area contributed by atoms with E-state index in [0.29, 0.717) is 5.92 Å². The van der Waals surface area contributed by atoms with Gasteiger partial charge in [-0.1, -0.05) is 0 Å². The van der Waals surface area contributed by atoms with Gasteiger partial charge in [0, 0.05) is 0 Å². The van der Waals surface area contributed by atoms with Crippen LogP contribution in [0.1, 0.15) is 35.0 Å². The molecule has 3 heteroatoms. The molecular weight excluding hydrogens is 486 g/mol. The van der Waals surface area contributed by atoms with E-state index in [9.17, 15) is 0 Å². The van der Waals surface area contributed by atoms with E-state index >= 15 is 0 Å². The van der Waals surface area contributed by atoms with Gasteiger partial charge in [-0.05, 0) is 0 Å². The van der Waals surface area contributed by atoms with Crippen LogP contribution in [0.5, 0.6) is 0 Å². The van der Waals surface area contributed by atoms with Crippen LogP contribution in [-0.4, -0.2) is 0 Å². The molecule has 0 spiro atoms. The molecule has 2 atom stereocenters. The predicted octanol–water partition coefficient (Wildman–Crippen LogP) is 9.07. The zero-order valence-corrected chi connectivity index (χ0v) is 21.1. The predicted molar refractivity (Wildman–Crippen MR) is 129 cm³/mol. The quantitative estimate of drug-likeness (QED) is 0.241. The third-order valence-corrected chi connectivity index (χ3v) is 11.8. The van der Waals surface area contributed by atoms with Gasteiger partial charge in [0.05, 0.1) is 0 Å². The molecule has 4 aromatic carbocycles. The Bertz CT molecular complexity index is 1290. The van der Waals surface area contributed by atoms with Gasteiger partial charge in [-0.25, -0.2) is 0 Å². The van der Waals surface area contributed by atoms with Crippen molar-refractivity contribution in [3.05, 3.63) is 89.5 Å². The molecule has 5 rings (SSSR count). The van der Waals surface area contributed by atoms with Crippen LogP contribution in [0, 0.1) is 5.92 Å². The maximum absolute atomic E-state index is 6.69. The monoisotopic (exact) mass is 507 g/mol. The van der Waals surface area contributed by atoms with Gasteiger partial charge in [0.25, 0.3) is 0 Å². The van der Waals surface area contributed by atoms with Crippen molar-refractivity contribution in [2.45, 2.75) is 23.9 Å². The van der Waals surface area contributed by atoms with Crippen LogP contribution in [0.3, 0.4) is 0 Å². The summed E-state index contributed by atoms with van der Waals surface area (Å²) in [6.45, 7) is 4.54. The average Bonchev–Trinajstić information content (AvgIpc) is 3.17. The standard InChI is InChI=1S/C27H23.2ClH.Zr/c1-3-18(2)23-15-22-11-7-13-25(27(22)17-23)24-12-6-10-21-14-19-8-4-5-9-20(19)16-26(21)24;;;/h4-18H,3H2,1-2H3;2*1H;/q;;;+2/p-2. The van der Waals surface area contributed by atoms with Crippen molar-refractivity contribution < 1.29 is 19.4 Å². The fourth-order valence-electron chi connectivity index (χ4n) is 4.77. The van der Waals surface area contributed by atoms with Crippen molar-refractivity contribution in [2.75, 3.05) is 0 Å². The number of hydrogen-bond acceptors (Lipinski definition) is 0. The summed E-state index contributed by atoms with van der Waals surface area (Å²) in [5.41, 5.74) is 6.65. The summed E-state index contributed by atoms with van der Waals surface area (Å²) in [6.07, 6.45) is 3.50. The number of benzene rings is 4. The van der Waals surface area contributed by atoms with E-state index in [1.54, 1.807) is 0 Å². The Morgan fingerprint density at radius 1 is 0.833 bits per heavy atom. The Morgan fingerprint density at radius 2 is 1.50 bits per heavy atom. The minimum absolute atomic E-state index is 0.261. The van der Waals surface area contributed by atoms with E-state index in [2.05, 4.69) is 92.7 Å². The van der Waals surface area contributed by atoms with Crippen molar-refractivity contribution in [2.24, 2.45) is 5.92 Å². The molecule has 0 radical (unpaired) electrons. The summed E-state index contributed by atoms with van der Waals surface area (Å²) < 4.78 is 0.261. The normalized spacial score (nSPS) is 16.5. The molecule has 2 unspecified atom stereocenters. The van der Waals surface area contributed by atoms with Crippen LogP contribution in [0.15, 0.2) is 78.4 Å². The van der Waals surface area contributed by atoms with Gasteiger partial charge in [0.2, 0.25) is 0 Å². The van der Waals surface area contributed by atoms with Crippen molar-refractivity contribution in [3.8, 4) is 11.1 Å². The molecule has 0 N–H and O–H groups in total. The molecule has 1 aliphatic carbocycles. The summed E-state index contributed by atoms with van der Waals surface area (Å²) in [5.74, 6) is 0.500. The Balaban J connectivity index is 1.77. The Morgan fingerprint density at radius 3 is 2.23 bits per heavy atom. The zero-order valence-electron chi connectivity index (χ0n) is 17.1. The molecule has 0 bridgehead atoms. The summed E-state index contributed by atoms with van der Waals surface area (Å²) in [4.78, 5) is 0. The molecule has 0 amide bonds. The van der Waals surface area contributed by atoms with E-state index in [1.165, 1.54) is 49.4 Å². The SMILES string of the molecule is CCC(C)C1=Cc2c(-c3cccc4cc5ccccc5cc34)cccc2[CH]1[Zr]([Cl])[Cl]. The second-order valence-electron chi connectivity index (χ2n) is 8.21. The van der Waals surface area contributed by atoms with Crippen molar-refractivity contribution in [1.29, 1.82) is 0 Å². The van der Waals surface area contributed by atoms with Crippen LogP contribution >= 0.6 is 17.0 Å². The first-order valence-electron chi connectivity index (χ1n) is 10.5. The minimum atomic E-state index is -2.52. The van der Waals surface area contributed by atoms with E-state index < -0.39 is 19.4 Å². The first kappa shape index (κ1) is 20.5. The average molecular weight is 510 g/mol. The van der Waals surface area contributed by atoms with E-state index in [1.807, 2.05) is 0 Å². The molecule has 0 aliphatic heterocycles. The second-order valence-corrected chi connectivity index (χ2v) is 17.0. The summed E-state index contributed by atoms with van der Waals surface area (Å²) in [7, 11) is 13.4. The molecule has 0 nitrogen and oxygen atoms in total. The Labute approximate surface area is 193 Å². The van der Waals surface area contributed by atoms with E-state index in [0.717, 1.165) is 6.42 Å². The fourth-order valence-corrected chi connectivity index (χ4v) is 10.4. The number of fused-ring (bicyclic) bond motifs is 3. The molecule has 30 heavy (non-hydrogen) atoms. The van der Waals surface area contributed by atoms with Gasteiger partial charge in [-0.3, -0.25) is 0 Å². The van der Waals surface area contributed by atoms with Gasteiger partial charge in [-0.2, -0.15) is 0 Å². The van der Waals surface area contributed by atoms with Gasteiger partial charge < -0.3 is 0 Å². The topological polar surface area (TPSA) is 0 Å². The molecule has 0 saturated carbocycles. The van der Waals surface area contributed by atoms with Crippen molar-refractivity contribution in [1.82, 2.24) is 0 Å². The third-order valence-electron chi connectivity index (χ3n) is 6.53. The number of hydrogen-bond donors (Lipinski definition) is 0. The first-order chi connectivity index (χ1) is 14.6. The van der Waals surface area contributed by atoms with Crippen LogP contribution < -0.4 is 0 Å². The van der Waals surface area contributed by atoms with E-state index in [4.69, 9.17) is 17.0 Å². The maximum atomic E-state index is 6.69. The van der Waals surface area contributed by atoms with Crippen molar-refractivity contribution >= 4 is 44.6 Å². The molecule has 1 aliphatic rings. The van der Waals surface area contributed by atoms with Crippen LogP contribution in [0.2, 0.25) is 0 Å². The molecule has 0 aromatic heterocycles. The number of rotatable bonds is 4. The second kappa shape index (κ2) is 8.27. The van der Waals surface area contributed by atoms with E-state index in [-0.39, 0.29) is 3.63 Å². The Hall–Kier alpha value is -1.40. The molecule has 0 heterocycles. The summed E-state index contributed by atoms with van der Waals surface area (Å²) in [5, 5.41) is 5.12. The zero-order chi connectivity index (χ0) is 20.8. The van der Waals surface area contributed by atoms with Gasteiger partial charge in [0.15, 0.2) is 0 Å². The van der Waals surface area contributed by atoms with Gasteiger partial charge in [-0.15, -0.1) is 0 Å². The fraction of sp³-hybridized carbons (Fsp3) is 0.185. The molecular formula is C27H23Cl2Zr. The molecule has 0 saturated heterocycles. The van der Waals surface area contributed by atoms with Crippen LogP contribution in [-0.2, 0) is 19.4 Å². The van der Waals surface area contributed by atoms with Crippen LogP contribution in [0.25, 0.3) is 38.7 Å².